The van der Waals surface area contributed by atoms with E-state index in [1.54, 1.807) is 0 Å². The fraction of sp³-hybridized carbons (Fsp3) is 0.600. The lowest BCUT2D eigenvalue weighted by atomic mass is 9.83. The van der Waals surface area contributed by atoms with Gasteiger partial charge in [-0.1, -0.05) is 35.2 Å². The van der Waals surface area contributed by atoms with Crippen LogP contribution in [-0.4, -0.2) is 13.2 Å². The Labute approximate surface area is 117 Å². The van der Waals surface area contributed by atoms with Gasteiger partial charge in [-0.2, -0.15) is 0 Å². The van der Waals surface area contributed by atoms with Crippen LogP contribution in [0.1, 0.15) is 36.8 Å². The maximum atomic E-state index is 5.73. The van der Waals surface area contributed by atoms with Crippen LogP contribution in [0.5, 0.6) is 5.75 Å². The monoisotopic (exact) mass is 309 g/mol. The van der Waals surface area contributed by atoms with Crippen molar-refractivity contribution < 1.29 is 4.74 Å². The smallest absolute Gasteiger partial charge is 0.127 e. The number of halogens is 1. The zero-order valence-corrected chi connectivity index (χ0v) is 12.3. The number of fused-ring (bicyclic) bond motifs is 1. The van der Waals surface area contributed by atoms with E-state index in [4.69, 9.17) is 4.74 Å². The highest BCUT2D eigenvalue weighted by Crippen LogP contribution is 2.33. The van der Waals surface area contributed by atoms with Gasteiger partial charge in [-0.05, 0) is 36.6 Å². The van der Waals surface area contributed by atoms with Crippen LogP contribution in [0.15, 0.2) is 16.6 Å². The van der Waals surface area contributed by atoms with Gasteiger partial charge in [0.05, 0.1) is 6.61 Å². The van der Waals surface area contributed by atoms with Crippen LogP contribution in [0.2, 0.25) is 0 Å². The molecule has 98 valence electrons. The summed E-state index contributed by atoms with van der Waals surface area (Å²) in [6.07, 6.45) is 6.70. The van der Waals surface area contributed by atoms with Gasteiger partial charge in [-0.15, -0.1) is 0 Å². The molecule has 1 aromatic carbocycles. The normalized spacial score (nSPS) is 18.3. The molecule has 2 nitrogen and oxygen atoms in total. The van der Waals surface area contributed by atoms with Crippen LogP contribution in [0.3, 0.4) is 0 Å². The number of rotatable bonds is 5. The van der Waals surface area contributed by atoms with Gasteiger partial charge in [0, 0.05) is 23.0 Å². The summed E-state index contributed by atoms with van der Waals surface area (Å²) in [4.78, 5) is 0. The van der Waals surface area contributed by atoms with Gasteiger partial charge in [0.2, 0.25) is 0 Å². The molecule has 2 aliphatic rings. The number of hydrogen-bond donors (Lipinski definition) is 1. The zero-order valence-electron chi connectivity index (χ0n) is 10.7. The second-order valence-electron chi connectivity index (χ2n) is 5.41. The molecule has 3 heteroatoms. The number of nitrogens with one attached hydrogen (secondary N) is 1. The molecule has 1 aromatic rings. The highest BCUT2D eigenvalue weighted by Gasteiger charge is 2.18. The number of hydrogen-bond acceptors (Lipinski definition) is 2. The minimum atomic E-state index is 0.834. The Morgan fingerprint density at radius 2 is 2.22 bits per heavy atom. The lowest BCUT2D eigenvalue weighted by Crippen LogP contribution is -2.21. The predicted octanol–water partition coefficient (Wildman–Crippen LogP) is 3.66. The quantitative estimate of drug-likeness (QED) is 0.838. The second kappa shape index (κ2) is 5.62. The van der Waals surface area contributed by atoms with E-state index in [9.17, 15) is 0 Å². The first-order valence-electron chi connectivity index (χ1n) is 6.98. The van der Waals surface area contributed by atoms with Crippen molar-refractivity contribution in [1.29, 1.82) is 0 Å². The molecular weight excluding hydrogens is 290 g/mol. The average Bonchev–Trinajstić information content (AvgIpc) is 2.73. The zero-order chi connectivity index (χ0) is 12.4. The fourth-order valence-electron chi connectivity index (χ4n) is 2.79. The lowest BCUT2D eigenvalue weighted by Gasteiger charge is -2.25. The SMILES string of the molecule is Brc1cc2c(c(CNCCC3CCC3)c1)OCC2. The standard InChI is InChI=1S/C15H20BrNO/c16-14-8-12-5-7-18-15(12)13(9-14)10-17-6-4-11-2-1-3-11/h8-9,11,17H,1-7,10H2. The summed E-state index contributed by atoms with van der Waals surface area (Å²) in [5.41, 5.74) is 2.64. The third-order valence-electron chi connectivity index (χ3n) is 4.09. The van der Waals surface area contributed by atoms with Crippen LogP contribution in [0, 0.1) is 5.92 Å². The Kier molecular flexibility index (Phi) is 3.90. The highest BCUT2D eigenvalue weighted by atomic mass is 79.9. The molecule has 3 rings (SSSR count). The second-order valence-corrected chi connectivity index (χ2v) is 6.33. The van der Waals surface area contributed by atoms with Gasteiger partial charge in [-0.3, -0.25) is 0 Å². The molecule has 0 amide bonds. The van der Waals surface area contributed by atoms with Crippen molar-refractivity contribution in [1.82, 2.24) is 5.32 Å². The van der Waals surface area contributed by atoms with Crippen molar-refractivity contribution in [2.75, 3.05) is 13.2 Å². The Bertz CT molecular complexity index is 429. The number of ether oxygens (including phenoxy) is 1. The molecule has 0 radical (unpaired) electrons. The first-order valence-corrected chi connectivity index (χ1v) is 7.77. The summed E-state index contributed by atoms with van der Waals surface area (Å²) < 4.78 is 6.90. The van der Waals surface area contributed by atoms with Crippen LogP contribution >= 0.6 is 15.9 Å². The Morgan fingerprint density at radius 3 is 3.00 bits per heavy atom. The van der Waals surface area contributed by atoms with Gasteiger partial charge in [-0.25, -0.2) is 0 Å². The van der Waals surface area contributed by atoms with E-state index in [0.717, 1.165) is 37.8 Å². The number of benzene rings is 1. The molecule has 1 aliphatic heterocycles. The van der Waals surface area contributed by atoms with Crippen molar-refractivity contribution in [3.8, 4) is 5.75 Å². The fourth-order valence-corrected chi connectivity index (χ4v) is 3.34. The summed E-state index contributed by atoms with van der Waals surface area (Å²) >= 11 is 3.58. The van der Waals surface area contributed by atoms with Crippen LogP contribution < -0.4 is 10.1 Å². The summed E-state index contributed by atoms with van der Waals surface area (Å²) in [7, 11) is 0. The van der Waals surface area contributed by atoms with Gasteiger partial charge in [0.1, 0.15) is 5.75 Å². The van der Waals surface area contributed by atoms with Crippen molar-refractivity contribution in [3.63, 3.8) is 0 Å². The molecule has 0 unspecified atom stereocenters. The molecule has 0 saturated heterocycles. The molecule has 1 aliphatic carbocycles. The van der Waals surface area contributed by atoms with Gasteiger partial charge in [0.15, 0.2) is 0 Å². The molecule has 1 N–H and O–H groups in total. The van der Waals surface area contributed by atoms with Gasteiger partial charge < -0.3 is 10.1 Å². The van der Waals surface area contributed by atoms with E-state index in [-0.39, 0.29) is 0 Å². The van der Waals surface area contributed by atoms with E-state index in [0.29, 0.717) is 0 Å². The molecule has 18 heavy (non-hydrogen) atoms. The molecule has 0 bridgehead atoms. The molecule has 1 heterocycles. The van der Waals surface area contributed by atoms with E-state index in [1.165, 1.54) is 41.3 Å². The Balaban J connectivity index is 1.55. The first kappa shape index (κ1) is 12.5. The first-order chi connectivity index (χ1) is 8.83. The van der Waals surface area contributed by atoms with E-state index in [2.05, 4.69) is 33.4 Å². The maximum Gasteiger partial charge on any atom is 0.127 e. The predicted molar refractivity (Wildman–Crippen MR) is 77.0 cm³/mol. The van der Waals surface area contributed by atoms with Gasteiger partial charge >= 0.3 is 0 Å². The maximum absolute atomic E-state index is 5.73. The van der Waals surface area contributed by atoms with E-state index < -0.39 is 0 Å². The van der Waals surface area contributed by atoms with Crippen molar-refractivity contribution in [2.45, 2.75) is 38.6 Å². The van der Waals surface area contributed by atoms with Crippen LogP contribution in [-0.2, 0) is 13.0 Å². The van der Waals surface area contributed by atoms with Gasteiger partial charge in [0.25, 0.3) is 0 Å². The summed E-state index contributed by atoms with van der Waals surface area (Å²) in [5, 5.41) is 3.56. The molecule has 0 atom stereocenters. The molecule has 0 aromatic heterocycles. The summed E-state index contributed by atoms with van der Waals surface area (Å²) in [6.45, 7) is 2.89. The summed E-state index contributed by atoms with van der Waals surface area (Å²) in [6, 6.07) is 4.36. The minimum Gasteiger partial charge on any atom is -0.493 e. The van der Waals surface area contributed by atoms with Crippen LogP contribution in [0.25, 0.3) is 0 Å². The van der Waals surface area contributed by atoms with Crippen molar-refractivity contribution >= 4 is 15.9 Å². The van der Waals surface area contributed by atoms with Crippen LogP contribution in [0.4, 0.5) is 0 Å². The van der Waals surface area contributed by atoms with Crippen molar-refractivity contribution in [2.24, 2.45) is 5.92 Å². The van der Waals surface area contributed by atoms with Crippen molar-refractivity contribution in [3.05, 3.63) is 27.7 Å². The highest BCUT2D eigenvalue weighted by molar-refractivity contribution is 9.10. The molecule has 1 saturated carbocycles. The minimum absolute atomic E-state index is 0.834. The molecular formula is C15H20BrNO. The average molecular weight is 310 g/mol. The molecule has 1 fully saturated rings. The lowest BCUT2D eigenvalue weighted by molar-refractivity contribution is 0.291. The Morgan fingerprint density at radius 1 is 1.33 bits per heavy atom. The third-order valence-corrected chi connectivity index (χ3v) is 4.55. The third kappa shape index (κ3) is 2.72. The largest absolute Gasteiger partial charge is 0.493 e. The van der Waals surface area contributed by atoms with E-state index >= 15 is 0 Å². The Hall–Kier alpha value is -0.540. The van der Waals surface area contributed by atoms with E-state index in [1.807, 2.05) is 0 Å². The molecule has 0 spiro atoms. The topological polar surface area (TPSA) is 21.3 Å². The summed E-state index contributed by atoms with van der Waals surface area (Å²) in [5.74, 6) is 2.11.